The molecule has 0 bridgehead atoms. The number of hydrogen-bond donors (Lipinski definition) is 1. The first-order valence-corrected chi connectivity index (χ1v) is 12.2. The van der Waals surface area contributed by atoms with E-state index in [9.17, 15) is 22.0 Å². The van der Waals surface area contributed by atoms with Crippen LogP contribution in [0.15, 0.2) is 47.4 Å². The highest BCUT2D eigenvalue weighted by Crippen LogP contribution is 2.33. The molecule has 7 nitrogen and oxygen atoms in total. The van der Waals surface area contributed by atoms with Crippen molar-refractivity contribution < 1.29 is 22.0 Å². The fourth-order valence-electron chi connectivity index (χ4n) is 3.56. The third-order valence-electron chi connectivity index (χ3n) is 5.24. The lowest BCUT2D eigenvalue weighted by atomic mass is 10.0. The summed E-state index contributed by atoms with van der Waals surface area (Å²) in [4.78, 5) is 12.4. The summed E-state index contributed by atoms with van der Waals surface area (Å²) in [5, 5.41) is 11.4. The standard InChI is InChI=1S/C21H20F2N4O3S2/c1-13-4-5-16(23)11-18(13)32(29,30)27-10-2-3-14(12-27)20-25-26-21(31-20)19(28)24-17-8-6-15(22)7-9-17/h4-9,11,14H,2-3,10,12H2,1H3,(H,24,28)/t14-/m1/s1. The Hall–Kier alpha value is -2.76. The van der Waals surface area contributed by atoms with Crippen molar-refractivity contribution in [1.82, 2.24) is 14.5 Å². The van der Waals surface area contributed by atoms with Crippen LogP contribution in [0.2, 0.25) is 0 Å². The van der Waals surface area contributed by atoms with Gasteiger partial charge in [-0.3, -0.25) is 4.79 Å². The van der Waals surface area contributed by atoms with Gasteiger partial charge >= 0.3 is 0 Å². The molecule has 0 unspecified atom stereocenters. The average Bonchev–Trinajstić information content (AvgIpc) is 3.28. The van der Waals surface area contributed by atoms with Gasteiger partial charge in [0.2, 0.25) is 15.0 Å². The Labute approximate surface area is 188 Å². The monoisotopic (exact) mass is 478 g/mol. The Morgan fingerprint density at radius 2 is 1.84 bits per heavy atom. The SMILES string of the molecule is Cc1ccc(F)cc1S(=O)(=O)N1CCC[C@@H](c2nnc(C(=O)Nc3ccc(F)cc3)s2)C1. The molecule has 168 valence electrons. The molecular formula is C21H20F2N4O3S2. The second-order valence-corrected chi connectivity index (χ2v) is 10.4. The zero-order valence-electron chi connectivity index (χ0n) is 17.1. The quantitative estimate of drug-likeness (QED) is 0.600. The highest BCUT2D eigenvalue weighted by atomic mass is 32.2. The molecule has 1 aliphatic heterocycles. The van der Waals surface area contributed by atoms with Crippen LogP contribution >= 0.6 is 11.3 Å². The molecule has 1 atom stereocenters. The third-order valence-corrected chi connectivity index (χ3v) is 8.33. The van der Waals surface area contributed by atoms with Crippen LogP contribution < -0.4 is 5.32 Å². The van der Waals surface area contributed by atoms with Gasteiger partial charge in [-0.05, 0) is 61.7 Å². The molecule has 2 aromatic carbocycles. The van der Waals surface area contributed by atoms with Crippen LogP contribution in [-0.4, -0.2) is 41.9 Å². The smallest absolute Gasteiger partial charge is 0.286 e. The van der Waals surface area contributed by atoms with E-state index in [-0.39, 0.29) is 22.4 Å². The van der Waals surface area contributed by atoms with Gasteiger partial charge < -0.3 is 5.32 Å². The predicted molar refractivity (Wildman–Crippen MR) is 116 cm³/mol. The lowest BCUT2D eigenvalue weighted by Gasteiger charge is -2.31. The van der Waals surface area contributed by atoms with Gasteiger partial charge in [-0.2, -0.15) is 4.31 Å². The van der Waals surface area contributed by atoms with Crippen molar-refractivity contribution in [3.05, 3.63) is 69.7 Å². The van der Waals surface area contributed by atoms with Crippen LogP contribution in [-0.2, 0) is 10.0 Å². The van der Waals surface area contributed by atoms with E-state index in [1.165, 1.54) is 40.7 Å². The van der Waals surface area contributed by atoms with Crippen molar-refractivity contribution in [2.75, 3.05) is 18.4 Å². The third kappa shape index (κ3) is 4.69. The Morgan fingerprint density at radius 1 is 1.12 bits per heavy atom. The van der Waals surface area contributed by atoms with E-state index < -0.39 is 27.6 Å². The van der Waals surface area contributed by atoms with Crippen molar-refractivity contribution >= 4 is 33.0 Å². The summed E-state index contributed by atoms with van der Waals surface area (Å²) >= 11 is 1.09. The molecule has 32 heavy (non-hydrogen) atoms. The van der Waals surface area contributed by atoms with Crippen molar-refractivity contribution in [1.29, 1.82) is 0 Å². The molecule has 0 spiro atoms. The number of rotatable bonds is 5. The van der Waals surface area contributed by atoms with Crippen molar-refractivity contribution in [3.8, 4) is 0 Å². The topological polar surface area (TPSA) is 92.3 Å². The number of sulfonamides is 1. The van der Waals surface area contributed by atoms with E-state index >= 15 is 0 Å². The summed E-state index contributed by atoms with van der Waals surface area (Å²) in [7, 11) is -3.87. The first-order chi connectivity index (χ1) is 15.2. The number of aromatic nitrogens is 2. The second-order valence-electron chi connectivity index (χ2n) is 7.52. The average molecular weight is 479 g/mol. The minimum absolute atomic E-state index is 0.0465. The van der Waals surface area contributed by atoms with Crippen molar-refractivity contribution in [2.45, 2.75) is 30.6 Å². The highest BCUT2D eigenvalue weighted by molar-refractivity contribution is 7.89. The Bertz CT molecular complexity index is 1250. The molecular weight excluding hydrogens is 458 g/mol. The number of anilines is 1. The minimum atomic E-state index is -3.87. The number of benzene rings is 2. The van der Waals surface area contributed by atoms with E-state index in [1.54, 1.807) is 6.92 Å². The van der Waals surface area contributed by atoms with Crippen molar-refractivity contribution in [2.24, 2.45) is 0 Å². The molecule has 1 aliphatic rings. The largest absolute Gasteiger partial charge is 0.320 e. The predicted octanol–water partition coefficient (Wildman–Crippen LogP) is 3.95. The van der Waals surface area contributed by atoms with E-state index in [4.69, 9.17) is 0 Å². The van der Waals surface area contributed by atoms with Crippen molar-refractivity contribution in [3.63, 3.8) is 0 Å². The number of aryl methyl sites for hydroxylation is 1. The molecule has 1 N–H and O–H groups in total. The molecule has 1 amide bonds. The summed E-state index contributed by atoms with van der Waals surface area (Å²) in [6.45, 7) is 2.13. The van der Waals surface area contributed by atoms with Crippen LogP contribution in [0.25, 0.3) is 0 Å². The number of carbonyl (C=O) groups excluding carboxylic acids is 1. The van der Waals surface area contributed by atoms with Gasteiger partial charge in [0, 0.05) is 24.7 Å². The number of nitrogens with zero attached hydrogens (tertiary/aromatic N) is 3. The van der Waals surface area contributed by atoms with Gasteiger partial charge in [0.05, 0.1) is 4.90 Å². The summed E-state index contributed by atoms with van der Waals surface area (Å²) in [6, 6.07) is 9.06. The van der Waals surface area contributed by atoms with Gasteiger partial charge in [-0.25, -0.2) is 17.2 Å². The Balaban J connectivity index is 1.49. The highest BCUT2D eigenvalue weighted by Gasteiger charge is 2.33. The maximum Gasteiger partial charge on any atom is 0.286 e. The second kappa shape index (κ2) is 9.00. The molecule has 0 aliphatic carbocycles. The number of halogens is 2. The lowest BCUT2D eigenvalue weighted by molar-refractivity contribution is 0.102. The number of amides is 1. The molecule has 4 rings (SSSR count). The molecule has 1 fully saturated rings. The zero-order valence-corrected chi connectivity index (χ0v) is 18.7. The molecule has 0 saturated carbocycles. The molecule has 3 aromatic rings. The number of carbonyl (C=O) groups is 1. The molecule has 1 aromatic heterocycles. The molecule has 11 heteroatoms. The van der Waals surface area contributed by atoms with Crippen LogP contribution in [0.3, 0.4) is 0 Å². The van der Waals surface area contributed by atoms with Crippen LogP contribution in [0.5, 0.6) is 0 Å². The molecule has 0 radical (unpaired) electrons. The number of hydrogen-bond acceptors (Lipinski definition) is 6. The molecule has 1 saturated heterocycles. The zero-order chi connectivity index (χ0) is 22.9. The van der Waals surface area contributed by atoms with Gasteiger partial charge in [-0.15, -0.1) is 10.2 Å². The minimum Gasteiger partial charge on any atom is -0.320 e. The summed E-state index contributed by atoms with van der Waals surface area (Å²) < 4.78 is 54.3. The number of piperidine rings is 1. The maximum absolute atomic E-state index is 13.7. The van der Waals surface area contributed by atoms with Gasteiger partial charge in [0.15, 0.2) is 0 Å². The first-order valence-electron chi connectivity index (χ1n) is 9.90. The van der Waals surface area contributed by atoms with E-state index in [2.05, 4.69) is 15.5 Å². The maximum atomic E-state index is 13.7. The van der Waals surface area contributed by atoms with Crippen LogP contribution in [0.1, 0.15) is 39.1 Å². The first kappa shape index (κ1) is 22.4. The Kier molecular flexibility index (Phi) is 6.31. The van der Waals surface area contributed by atoms with Crippen LogP contribution in [0.4, 0.5) is 14.5 Å². The summed E-state index contributed by atoms with van der Waals surface area (Å²) in [5.74, 6) is -1.72. The van der Waals surface area contributed by atoms with Gasteiger partial charge in [0.25, 0.3) is 5.91 Å². The normalized spacial score (nSPS) is 17.3. The van der Waals surface area contributed by atoms with Gasteiger partial charge in [0.1, 0.15) is 16.6 Å². The van der Waals surface area contributed by atoms with E-state index in [0.717, 1.165) is 17.4 Å². The fraction of sp³-hybridized carbons (Fsp3) is 0.286. The lowest BCUT2D eigenvalue weighted by Crippen LogP contribution is -2.39. The van der Waals surface area contributed by atoms with Gasteiger partial charge in [-0.1, -0.05) is 17.4 Å². The Morgan fingerprint density at radius 3 is 2.59 bits per heavy atom. The molecule has 2 heterocycles. The van der Waals surface area contributed by atoms with Crippen LogP contribution in [0, 0.1) is 18.6 Å². The summed E-state index contributed by atoms with van der Waals surface area (Å²) in [5.41, 5.74) is 0.901. The summed E-state index contributed by atoms with van der Waals surface area (Å²) in [6.07, 6.45) is 1.30. The van der Waals surface area contributed by atoms with E-state index in [0.29, 0.717) is 35.6 Å². The number of nitrogens with one attached hydrogen (secondary N) is 1. The fourth-order valence-corrected chi connectivity index (χ4v) is 6.19. The van der Waals surface area contributed by atoms with E-state index in [1.807, 2.05) is 0 Å².